The van der Waals surface area contributed by atoms with E-state index in [4.69, 9.17) is 9.84 Å². The number of halogens is 1. The molecule has 0 bridgehead atoms. The number of nitrogens with zero attached hydrogens (tertiary/aromatic N) is 2. The predicted molar refractivity (Wildman–Crippen MR) is 57.4 cm³/mol. The number of aryl methyl sites for hydroxylation is 1. The van der Waals surface area contributed by atoms with Crippen LogP contribution in [0.2, 0.25) is 0 Å². The molecule has 0 saturated carbocycles. The smallest absolute Gasteiger partial charge is 0.329 e. The monoisotopic (exact) mass is 234 g/mol. The van der Waals surface area contributed by atoms with Gasteiger partial charge < -0.3 is 14.4 Å². The van der Waals surface area contributed by atoms with Crippen molar-refractivity contribution in [1.29, 1.82) is 0 Å². The molecular weight excluding hydrogens is 220 g/mol. The fourth-order valence-corrected chi connectivity index (χ4v) is 1.25. The van der Waals surface area contributed by atoms with Crippen LogP contribution in [0.3, 0.4) is 0 Å². The third-order valence-corrected chi connectivity index (χ3v) is 1.92. The Morgan fingerprint density at radius 3 is 2.87 bits per heavy atom. The van der Waals surface area contributed by atoms with E-state index in [0.29, 0.717) is 6.61 Å². The Bertz CT molecular complexity index is 314. The van der Waals surface area contributed by atoms with E-state index in [0.717, 1.165) is 5.82 Å². The van der Waals surface area contributed by atoms with Crippen LogP contribution in [0.1, 0.15) is 18.8 Å². The highest BCUT2D eigenvalue weighted by atomic mass is 35.5. The standard InChI is InChI=1S/C9H14N2O3.ClH/c1-7(5-14-6-9(12)13)11-4-3-10-8(11)2;/h3-4,7H,5-6H2,1-2H3,(H,12,13);1H/t7-;/m0./s1. The van der Waals surface area contributed by atoms with E-state index in [9.17, 15) is 4.79 Å². The van der Waals surface area contributed by atoms with Gasteiger partial charge in [-0.25, -0.2) is 9.78 Å². The van der Waals surface area contributed by atoms with Gasteiger partial charge in [0.1, 0.15) is 12.4 Å². The Labute approximate surface area is 94.5 Å². The first kappa shape index (κ1) is 13.9. The lowest BCUT2D eigenvalue weighted by Gasteiger charge is -2.14. The van der Waals surface area contributed by atoms with Crippen LogP contribution in [0.4, 0.5) is 0 Å². The summed E-state index contributed by atoms with van der Waals surface area (Å²) in [6.07, 6.45) is 3.56. The fourth-order valence-electron chi connectivity index (χ4n) is 1.25. The molecule has 0 aliphatic rings. The molecule has 0 saturated heterocycles. The number of ether oxygens (including phenoxy) is 1. The average Bonchev–Trinajstić information content (AvgIpc) is 2.50. The zero-order valence-electron chi connectivity index (χ0n) is 8.71. The zero-order chi connectivity index (χ0) is 10.6. The van der Waals surface area contributed by atoms with Gasteiger partial charge in [0.05, 0.1) is 12.6 Å². The molecule has 0 radical (unpaired) electrons. The van der Waals surface area contributed by atoms with Gasteiger partial charge in [-0.1, -0.05) is 0 Å². The fraction of sp³-hybridized carbons (Fsp3) is 0.556. The summed E-state index contributed by atoms with van der Waals surface area (Å²) in [4.78, 5) is 14.3. The number of carboxylic acids is 1. The maximum atomic E-state index is 10.2. The number of aliphatic carboxylic acids is 1. The molecular formula is C9H15ClN2O3. The number of carboxylic acid groups (broad SMARTS) is 1. The van der Waals surface area contributed by atoms with E-state index in [-0.39, 0.29) is 25.1 Å². The molecule has 1 atom stereocenters. The van der Waals surface area contributed by atoms with Gasteiger partial charge in [0.15, 0.2) is 0 Å². The van der Waals surface area contributed by atoms with Crippen molar-refractivity contribution >= 4 is 18.4 Å². The third-order valence-electron chi connectivity index (χ3n) is 1.92. The van der Waals surface area contributed by atoms with Crippen LogP contribution in [-0.4, -0.2) is 33.8 Å². The molecule has 0 spiro atoms. The highest BCUT2D eigenvalue weighted by Gasteiger charge is 2.07. The molecule has 15 heavy (non-hydrogen) atoms. The summed E-state index contributed by atoms with van der Waals surface area (Å²) in [5.74, 6) is -0.0454. The highest BCUT2D eigenvalue weighted by Crippen LogP contribution is 2.08. The lowest BCUT2D eigenvalue weighted by molar-refractivity contribution is -0.142. The Balaban J connectivity index is 0.00000196. The summed E-state index contributed by atoms with van der Waals surface area (Å²) in [7, 11) is 0. The molecule has 1 heterocycles. The SMILES string of the molecule is Cc1nccn1[C@@H](C)COCC(=O)O.Cl. The Morgan fingerprint density at radius 1 is 1.73 bits per heavy atom. The van der Waals surface area contributed by atoms with Crippen LogP contribution < -0.4 is 0 Å². The van der Waals surface area contributed by atoms with E-state index in [1.54, 1.807) is 6.20 Å². The Morgan fingerprint density at radius 2 is 2.40 bits per heavy atom. The molecule has 5 nitrogen and oxygen atoms in total. The van der Waals surface area contributed by atoms with E-state index < -0.39 is 5.97 Å². The largest absolute Gasteiger partial charge is 0.480 e. The van der Waals surface area contributed by atoms with Gasteiger partial charge in [0.25, 0.3) is 0 Å². The van der Waals surface area contributed by atoms with Crippen molar-refractivity contribution in [2.24, 2.45) is 0 Å². The van der Waals surface area contributed by atoms with Gasteiger partial charge in [0.2, 0.25) is 0 Å². The van der Waals surface area contributed by atoms with Gasteiger partial charge in [-0.15, -0.1) is 12.4 Å². The quantitative estimate of drug-likeness (QED) is 0.834. The van der Waals surface area contributed by atoms with E-state index in [1.165, 1.54) is 0 Å². The number of hydrogen-bond acceptors (Lipinski definition) is 3. The maximum absolute atomic E-state index is 10.2. The molecule has 1 aromatic rings. The summed E-state index contributed by atoms with van der Waals surface area (Å²) >= 11 is 0. The van der Waals surface area contributed by atoms with Gasteiger partial charge in [-0.3, -0.25) is 0 Å². The van der Waals surface area contributed by atoms with E-state index in [2.05, 4.69) is 4.98 Å². The summed E-state index contributed by atoms with van der Waals surface area (Å²) in [6, 6.07) is 0.108. The van der Waals surface area contributed by atoms with Crippen LogP contribution in [-0.2, 0) is 9.53 Å². The topological polar surface area (TPSA) is 64.4 Å². The third kappa shape index (κ3) is 4.31. The van der Waals surface area contributed by atoms with Crippen LogP contribution >= 0.6 is 12.4 Å². The first-order chi connectivity index (χ1) is 6.61. The number of imidazole rings is 1. The van der Waals surface area contributed by atoms with Gasteiger partial charge >= 0.3 is 5.97 Å². The van der Waals surface area contributed by atoms with Crippen LogP contribution in [0.5, 0.6) is 0 Å². The molecule has 1 rings (SSSR count). The van der Waals surface area contributed by atoms with Crippen molar-refractivity contribution in [3.05, 3.63) is 18.2 Å². The van der Waals surface area contributed by atoms with Gasteiger partial charge in [-0.2, -0.15) is 0 Å². The molecule has 0 aliphatic carbocycles. The van der Waals surface area contributed by atoms with E-state index >= 15 is 0 Å². The Hall–Kier alpha value is -1.07. The maximum Gasteiger partial charge on any atom is 0.329 e. The minimum atomic E-state index is -0.945. The molecule has 0 aliphatic heterocycles. The second kappa shape index (κ2) is 6.42. The Kier molecular flexibility index (Phi) is 5.96. The summed E-state index contributed by atoms with van der Waals surface area (Å²) in [5.41, 5.74) is 0. The summed E-state index contributed by atoms with van der Waals surface area (Å²) in [6.45, 7) is 3.98. The minimum absolute atomic E-state index is 0. The molecule has 1 N–H and O–H groups in total. The second-order valence-electron chi connectivity index (χ2n) is 3.14. The normalized spacial score (nSPS) is 11.9. The second-order valence-corrected chi connectivity index (χ2v) is 3.14. The zero-order valence-corrected chi connectivity index (χ0v) is 9.53. The number of hydrogen-bond donors (Lipinski definition) is 1. The van der Waals surface area contributed by atoms with E-state index in [1.807, 2.05) is 24.6 Å². The molecule has 0 amide bonds. The van der Waals surface area contributed by atoms with Crippen molar-refractivity contribution < 1.29 is 14.6 Å². The molecule has 86 valence electrons. The summed E-state index contributed by atoms with van der Waals surface area (Å²) < 4.78 is 6.93. The molecule has 6 heteroatoms. The number of carbonyl (C=O) groups is 1. The minimum Gasteiger partial charge on any atom is -0.480 e. The van der Waals surface area contributed by atoms with Crippen molar-refractivity contribution in [3.8, 4) is 0 Å². The van der Waals surface area contributed by atoms with Crippen molar-refractivity contribution in [2.45, 2.75) is 19.9 Å². The average molecular weight is 235 g/mol. The molecule has 0 aromatic carbocycles. The summed E-state index contributed by atoms with van der Waals surface area (Å²) in [5, 5.41) is 8.37. The van der Waals surface area contributed by atoms with Crippen molar-refractivity contribution in [1.82, 2.24) is 9.55 Å². The van der Waals surface area contributed by atoms with Crippen molar-refractivity contribution in [2.75, 3.05) is 13.2 Å². The number of aromatic nitrogens is 2. The van der Waals surface area contributed by atoms with Gasteiger partial charge in [-0.05, 0) is 13.8 Å². The lowest BCUT2D eigenvalue weighted by atomic mass is 10.3. The molecule has 1 aromatic heterocycles. The highest BCUT2D eigenvalue weighted by molar-refractivity contribution is 5.85. The molecule has 0 fully saturated rings. The van der Waals surface area contributed by atoms with Crippen LogP contribution in [0.15, 0.2) is 12.4 Å². The van der Waals surface area contributed by atoms with Crippen LogP contribution in [0.25, 0.3) is 0 Å². The van der Waals surface area contributed by atoms with Gasteiger partial charge in [0, 0.05) is 12.4 Å². The first-order valence-corrected chi connectivity index (χ1v) is 4.40. The van der Waals surface area contributed by atoms with Crippen LogP contribution in [0, 0.1) is 6.92 Å². The lowest BCUT2D eigenvalue weighted by Crippen LogP contribution is -2.16. The number of rotatable bonds is 5. The predicted octanol–water partition coefficient (Wildman–Crippen LogP) is 1.28. The molecule has 0 unspecified atom stereocenters. The first-order valence-electron chi connectivity index (χ1n) is 4.40. The van der Waals surface area contributed by atoms with Crippen molar-refractivity contribution in [3.63, 3.8) is 0 Å².